The second kappa shape index (κ2) is 21.6. The van der Waals surface area contributed by atoms with Crippen molar-refractivity contribution < 1.29 is 18.9 Å². The summed E-state index contributed by atoms with van der Waals surface area (Å²) < 4.78 is 30.1. The number of benzene rings is 14. The maximum atomic E-state index is 7.73. The van der Waals surface area contributed by atoms with Gasteiger partial charge in [0.2, 0.25) is 0 Å². The Kier molecular flexibility index (Phi) is 12.8. The fourth-order valence-electron chi connectivity index (χ4n) is 14.0. The maximum absolute atomic E-state index is 7.73. The molecule has 14 aromatic carbocycles. The Labute approximate surface area is 544 Å². The number of ether oxygens (including phenoxy) is 4. The molecule has 92 heavy (non-hydrogen) atoms. The SMILES string of the molecule is S=P12c3ccc(-c4ccccc4)cc3Oc3c(-c4ccccc4)cc(-c4cccc(-c5cc(-c6ccccc6)c6c(c5)P5(=S)c7cccc(-c8ccccc8)c7Oc7c(-c8ccccc8)cc(-c8ccccc8)c(c75)O6)c4)c(c31)Oc1cc(-c3ccccc3)ccc12. The summed E-state index contributed by atoms with van der Waals surface area (Å²) in [4.78, 5) is 0. The summed E-state index contributed by atoms with van der Waals surface area (Å²) >= 11 is 15.2. The first kappa shape index (κ1) is 54.5. The van der Waals surface area contributed by atoms with Gasteiger partial charge in [-0.3, -0.25) is 0 Å². The van der Waals surface area contributed by atoms with E-state index in [0.29, 0.717) is 5.75 Å². The summed E-state index contributed by atoms with van der Waals surface area (Å²) in [6, 6.07) is 105. The highest BCUT2D eigenvalue weighted by Crippen LogP contribution is 2.66. The topological polar surface area (TPSA) is 36.9 Å². The second-order valence-corrected chi connectivity index (χ2v) is 32.2. The summed E-state index contributed by atoms with van der Waals surface area (Å²) in [5, 5.41) is 5.75. The minimum atomic E-state index is -3.16. The lowest BCUT2D eigenvalue weighted by Crippen LogP contribution is -2.36. The molecule has 0 radical (unpaired) electrons. The molecule has 4 heterocycles. The second-order valence-electron chi connectivity index (χ2n) is 23.6. The first-order valence-corrected chi connectivity index (χ1v) is 36.4. The Balaban J connectivity index is 0.886. The van der Waals surface area contributed by atoms with Crippen molar-refractivity contribution in [2.45, 2.75) is 0 Å². The number of rotatable bonds is 9. The number of hydrogen-bond donors (Lipinski definition) is 0. The van der Waals surface area contributed by atoms with Crippen LogP contribution in [0.15, 0.2) is 315 Å². The molecule has 4 aliphatic heterocycles. The summed E-state index contributed by atoms with van der Waals surface area (Å²) in [5.74, 6) is 5.90. The third kappa shape index (κ3) is 8.56. The molecule has 0 amide bonds. The van der Waals surface area contributed by atoms with Gasteiger partial charge < -0.3 is 18.9 Å². The van der Waals surface area contributed by atoms with Crippen LogP contribution < -0.4 is 50.8 Å². The van der Waals surface area contributed by atoms with E-state index in [1.54, 1.807) is 0 Å². The van der Waals surface area contributed by atoms with Crippen LogP contribution in [0.1, 0.15) is 0 Å². The molecule has 4 nitrogen and oxygen atoms in total. The maximum Gasteiger partial charge on any atom is 0.148 e. The Morgan fingerprint density at radius 1 is 0.185 bits per heavy atom. The molecule has 0 N–H and O–H groups in total. The molecule has 4 aliphatic rings. The van der Waals surface area contributed by atoms with Gasteiger partial charge in [-0.2, -0.15) is 0 Å². The predicted octanol–water partition coefficient (Wildman–Crippen LogP) is 20.6. The lowest BCUT2D eigenvalue weighted by molar-refractivity contribution is 0.469. The molecule has 0 aromatic heterocycles. The first-order valence-electron chi connectivity index (χ1n) is 30.8. The van der Waals surface area contributed by atoms with E-state index in [1.807, 2.05) is 12.1 Å². The smallest absolute Gasteiger partial charge is 0.148 e. The predicted molar refractivity (Wildman–Crippen MR) is 388 cm³/mol. The van der Waals surface area contributed by atoms with E-state index in [1.165, 1.54) is 0 Å². The van der Waals surface area contributed by atoms with Crippen LogP contribution in [0.25, 0.3) is 100 Å². The molecule has 18 rings (SSSR count). The van der Waals surface area contributed by atoms with Gasteiger partial charge in [0.15, 0.2) is 0 Å². The van der Waals surface area contributed by atoms with E-state index in [4.69, 9.17) is 42.6 Å². The van der Waals surface area contributed by atoms with Gasteiger partial charge in [-0.05, 0) is 127 Å². The van der Waals surface area contributed by atoms with Gasteiger partial charge in [-0.1, -0.05) is 278 Å². The molecule has 0 saturated heterocycles. The van der Waals surface area contributed by atoms with E-state index in [2.05, 4.69) is 303 Å². The van der Waals surface area contributed by atoms with Crippen LogP contribution in [0.2, 0.25) is 0 Å². The van der Waals surface area contributed by atoms with Crippen molar-refractivity contribution in [1.29, 1.82) is 0 Å². The van der Waals surface area contributed by atoms with Crippen molar-refractivity contribution in [3.8, 4) is 146 Å². The molecule has 2 atom stereocenters. The highest BCUT2D eigenvalue weighted by molar-refractivity contribution is 8.26. The molecule has 0 aliphatic carbocycles. The van der Waals surface area contributed by atoms with E-state index < -0.39 is 12.1 Å². The van der Waals surface area contributed by atoms with E-state index >= 15 is 0 Å². The fraction of sp³-hybridized carbons (Fsp3) is 0. The molecule has 0 spiro atoms. The van der Waals surface area contributed by atoms with Crippen molar-refractivity contribution in [3.63, 3.8) is 0 Å². The van der Waals surface area contributed by atoms with Gasteiger partial charge >= 0.3 is 0 Å². The van der Waals surface area contributed by atoms with Crippen LogP contribution in [-0.4, -0.2) is 0 Å². The van der Waals surface area contributed by atoms with Crippen molar-refractivity contribution in [1.82, 2.24) is 0 Å². The van der Waals surface area contributed by atoms with Gasteiger partial charge in [0.1, 0.15) is 46.0 Å². The van der Waals surface area contributed by atoms with Crippen molar-refractivity contribution in [2.24, 2.45) is 0 Å². The molecule has 2 unspecified atom stereocenters. The average Bonchev–Trinajstić information content (AvgIpc) is 0.696. The van der Waals surface area contributed by atoms with Crippen LogP contribution in [0, 0.1) is 0 Å². The van der Waals surface area contributed by atoms with Crippen molar-refractivity contribution in [2.75, 3.05) is 0 Å². The summed E-state index contributed by atoms with van der Waals surface area (Å²) in [6.45, 7) is 0. The lowest BCUT2D eigenvalue weighted by Gasteiger charge is -2.40. The highest BCUT2D eigenvalue weighted by Gasteiger charge is 2.48. The van der Waals surface area contributed by atoms with Crippen LogP contribution in [-0.2, 0) is 23.6 Å². The zero-order valence-corrected chi connectivity index (χ0v) is 52.8. The number of hydrogen-bond acceptors (Lipinski definition) is 6. The summed E-state index contributed by atoms with van der Waals surface area (Å²) in [5.41, 5.74) is 18.0. The molecule has 8 heteroatoms. The molecule has 0 saturated carbocycles. The Hall–Kier alpha value is -10.4. The van der Waals surface area contributed by atoms with Gasteiger partial charge in [0.25, 0.3) is 0 Å². The van der Waals surface area contributed by atoms with Crippen molar-refractivity contribution in [3.05, 3.63) is 315 Å². The van der Waals surface area contributed by atoms with Gasteiger partial charge in [-0.15, -0.1) is 0 Å². The highest BCUT2D eigenvalue weighted by atomic mass is 32.4. The standard InChI is InChI=1S/C84H52O4P2S2/c91-89-73-44-42-61(53-24-8-1-9-25-53)48-71(73)85-79-67(57-32-16-5-17-33-57)52-70(80(83(79)89)86-72-49-62(43-45-74(72)89)54-26-10-2-11-27-54)63-39-22-38-60(46-63)64-47-66(56-30-14-4-15-31-56)78-76(50-64)90(92)75-41-23-40-65(55-28-12-3-13-29-55)77(75)87-81-68(58-34-18-6-19-35-58)51-69(82(88-78)84(81)90)59-36-20-7-21-37-59/h1-52H. The molecule has 14 aromatic rings. The monoisotopic (exact) mass is 1250 g/mol. The molecule has 0 bridgehead atoms. The quantitative estimate of drug-likeness (QED) is 0.134. The zero-order valence-electron chi connectivity index (χ0n) is 49.4. The Morgan fingerprint density at radius 3 is 0.957 bits per heavy atom. The Bertz CT molecular complexity index is 5360. The van der Waals surface area contributed by atoms with E-state index in [9.17, 15) is 0 Å². The molecular weight excluding hydrogens is 1200 g/mol. The number of para-hydroxylation sites is 1. The molecule has 0 fully saturated rings. The minimum absolute atomic E-state index is 0.704. The Morgan fingerprint density at radius 2 is 0.511 bits per heavy atom. The van der Waals surface area contributed by atoms with Crippen LogP contribution >= 0.6 is 12.1 Å². The van der Waals surface area contributed by atoms with Crippen LogP contribution in [0.3, 0.4) is 0 Å². The third-order valence-electron chi connectivity index (χ3n) is 18.4. The summed E-state index contributed by atoms with van der Waals surface area (Å²) in [6.07, 6.45) is 0. The molecular formula is C84H52O4P2S2. The largest absolute Gasteiger partial charge is 0.455 e. The van der Waals surface area contributed by atoms with Gasteiger partial charge in [0, 0.05) is 54.6 Å². The number of fused-ring (bicyclic) bond motifs is 8. The van der Waals surface area contributed by atoms with Crippen LogP contribution in [0.5, 0.6) is 46.0 Å². The lowest BCUT2D eigenvalue weighted by atomic mass is 9.93. The molecule has 434 valence electrons. The normalized spacial score (nSPS) is 15.7. The summed E-state index contributed by atoms with van der Waals surface area (Å²) in [7, 11) is 0. The zero-order chi connectivity index (χ0) is 61.1. The van der Waals surface area contributed by atoms with Crippen molar-refractivity contribution >= 4 is 67.5 Å². The first-order chi connectivity index (χ1) is 45.4. The minimum Gasteiger partial charge on any atom is -0.455 e. The van der Waals surface area contributed by atoms with Crippen LogP contribution in [0.4, 0.5) is 0 Å². The van der Waals surface area contributed by atoms with Gasteiger partial charge in [0.05, 0.1) is 22.7 Å². The fourth-order valence-corrected chi connectivity index (χ4v) is 23.0. The average molecular weight is 1250 g/mol. The van der Waals surface area contributed by atoms with Gasteiger partial charge in [-0.25, -0.2) is 0 Å². The van der Waals surface area contributed by atoms with E-state index in [-0.39, 0.29) is 0 Å². The third-order valence-corrected chi connectivity index (χ3v) is 28.0. The van der Waals surface area contributed by atoms with E-state index in [0.717, 1.165) is 172 Å².